The van der Waals surface area contributed by atoms with Gasteiger partial charge in [-0.15, -0.1) is 0 Å². The molecule has 4 nitrogen and oxygen atoms in total. The summed E-state index contributed by atoms with van der Waals surface area (Å²) in [5.41, 5.74) is 1.84. The number of carboxylic acids is 1. The van der Waals surface area contributed by atoms with E-state index in [2.05, 4.69) is 20.9 Å². The summed E-state index contributed by atoms with van der Waals surface area (Å²) >= 11 is 4.66. The Morgan fingerprint density at radius 1 is 1.38 bits per heavy atom. The third kappa shape index (κ3) is 4.04. The summed E-state index contributed by atoms with van der Waals surface area (Å²) in [5.74, 6) is -0.890. The smallest absolute Gasteiger partial charge is 0.347 e. The molecule has 0 aliphatic heterocycles. The van der Waals surface area contributed by atoms with Gasteiger partial charge in [0.1, 0.15) is 4.88 Å². The van der Waals surface area contributed by atoms with Crippen LogP contribution in [0.5, 0.6) is 0 Å². The highest BCUT2D eigenvalue weighted by Gasteiger charge is 2.18. The van der Waals surface area contributed by atoms with Crippen molar-refractivity contribution in [3.8, 4) is 0 Å². The highest BCUT2D eigenvalue weighted by molar-refractivity contribution is 9.10. The number of anilines is 1. The zero-order valence-corrected chi connectivity index (χ0v) is 14.4. The first-order chi connectivity index (χ1) is 10.0. The molecule has 0 bridgehead atoms. The molecule has 2 rings (SSSR count). The van der Waals surface area contributed by atoms with E-state index >= 15 is 0 Å². The van der Waals surface area contributed by atoms with Gasteiger partial charge in [0.15, 0.2) is 5.13 Å². The molecule has 2 aromatic rings. The maximum atomic E-state index is 11.3. The maximum Gasteiger partial charge on any atom is 0.347 e. The molecule has 21 heavy (non-hydrogen) atoms. The molecule has 0 aliphatic rings. The predicted octanol–water partition coefficient (Wildman–Crippen LogP) is 4.19. The van der Waals surface area contributed by atoms with Crippen molar-refractivity contribution < 1.29 is 9.90 Å². The summed E-state index contributed by atoms with van der Waals surface area (Å²) < 4.78 is 1.04. The van der Waals surface area contributed by atoms with Crippen LogP contribution < -0.4 is 4.90 Å². The second-order valence-electron chi connectivity index (χ2n) is 4.81. The van der Waals surface area contributed by atoms with Crippen molar-refractivity contribution in [3.05, 3.63) is 44.9 Å². The summed E-state index contributed by atoms with van der Waals surface area (Å²) in [7, 11) is 1.93. The van der Waals surface area contributed by atoms with Gasteiger partial charge in [0.2, 0.25) is 0 Å². The molecule has 6 heteroatoms. The Kier molecular flexibility index (Phi) is 5.36. The Hall–Kier alpha value is -1.40. The molecular weight excluding hydrogens is 352 g/mol. The number of hydrogen-bond donors (Lipinski definition) is 1. The third-order valence-electron chi connectivity index (χ3n) is 3.03. The maximum absolute atomic E-state index is 11.3. The fourth-order valence-corrected chi connectivity index (χ4v) is 3.18. The predicted molar refractivity (Wildman–Crippen MR) is 89.3 cm³/mol. The first-order valence-corrected chi connectivity index (χ1v) is 8.30. The van der Waals surface area contributed by atoms with Crippen LogP contribution in [0.4, 0.5) is 5.13 Å². The van der Waals surface area contributed by atoms with Crippen LogP contribution >= 0.6 is 27.3 Å². The molecule has 1 aromatic carbocycles. The second kappa shape index (κ2) is 7.04. The van der Waals surface area contributed by atoms with E-state index in [4.69, 9.17) is 0 Å². The minimum Gasteiger partial charge on any atom is -0.477 e. The van der Waals surface area contributed by atoms with Crippen molar-refractivity contribution in [2.45, 2.75) is 26.3 Å². The Labute approximate surface area is 136 Å². The van der Waals surface area contributed by atoms with Gasteiger partial charge < -0.3 is 10.0 Å². The summed E-state index contributed by atoms with van der Waals surface area (Å²) in [6.45, 7) is 2.72. The lowest BCUT2D eigenvalue weighted by Gasteiger charge is -2.15. The van der Waals surface area contributed by atoms with Crippen LogP contribution in [0.15, 0.2) is 28.7 Å². The molecule has 0 aliphatic carbocycles. The largest absolute Gasteiger partial charge is 0.477 e. The Morgan fingerprint density at radius 2 is 2.05 bits per heavy atom. The number of carbonyl (C=O) groups is 1. The van der Waals surface area contributed by atoms with E-state index < -0.39 is 5.97 Å². The molecule has 0 spiro atoms. The van der Waals surface area contributed by atoms with Crippen LogP contribution in [0.1, 0.15) is 34.3 Å². The molecule has 1 heterocycles. The number of halogens is 1. The lowest BCUT2D eigenvalue weighted by atomic mass is 10.2. The molecule has 0 radical (unpaired) electrons. The minimum absolute atomic E-state index is 0.356. The van der Waals surface area contributed by atoms with Gasteiger partial charge in [-0.25, -0.2) is 9.78 Å². The number of aromatic nitrogens is 1. The van der Waals surface area contributed by atoms with E-state index in [-0.39, 0.29) is 0 Å². The number of nitrogens with zero attached hydrogens (tertiary/aromatic N) is 2. The van der Waals surface area contributed by atoms with E-state index in [9.17, 15) is 9.90 Å². The second-order valence-corrected chi connectivity index (χ2v) is 6.70. The van der Waals surface area contributed by atoms with Gasteiger partial charge in [-0.05, 0) is 24.1 Å². The average Bonchev–Trinajstić information content (AvgIpc) is 2.86. The van der Waals surface area contributed by atoms with Gasteiger partial charge in [-0.1, -0.05) is 52.7 Å². The summed E-state index contributed by atoms with van der Waals surface area (Å²) in [4.78, 5) is 18.1. The van der Waals surface area contributed by atoms with Crippen molar-refractivity contribution in [3.63, 3.8) is 0 Å². The fraction of sp³-hybridized carbons (Fsp3) is 0.333. The quantitative estimate of drug-likeness (QED) is 0.830. The SMILES string of the molecule is CCCc1nc(N(C)Cc2ccc(Br)cc2)sc1C(=O)O. The fourth-order valence-electron chi connectivity index (χ4n) is 2.01. The molecule has 0 fully saturated rings. The Morgan fingerprint density at radius 3 is 2.62 bits per heavy atom. The van der Waals surface area contributed by atoms with Gasteiger partial charge in [0.25, 0.3) is 0 Å². The van der Waals surface area contributed by atoms with Gasteiger partial charge in [0.05, 0.1) is 5.69 Å². The van der Waals surface area contributed by atoms with Crippen LogP contribution in [0.25, 0.3) is 0 Å². The van der Waals surface area contributed by atoms with Gasteiger partial charge in [-0.3, -0.25) is 0 Å². The van der Waals surface area contributed by atoms with Crippen molar-refractivity contribution in [2.24, 2.45) is 0 Å². The monoisotopic (exact) mass is 368 g/mol. The van der Waals surface area contributed by atoms with E-state index in [1.165, 1.54) is 11.3 Å². The number of benzene rings is 1. The van der Waals surface area contributed by atoms with Crippen molar-refractivity contribution >= 4 is 38.4 Å². The highest BCUT2D eigenvalue weighted by atomic mass is 79.9. The molecule has 0 unspecified atom stereocenters. The number of hydrogen-bond acceptors (Lipinski definition) is 4. The first kappa shape index (κ1) is 16.0. The molecule has 0 saturated carbocycles. The van der Waals surface area contributed by atoms with Crippen LogP contribution in [0.2, 0.25) is 0 Å². The average molecular weight is 369 g/mol. The van der Waals surface area contributed by atoms with E-state index in [1.807, 2.05) is 43.1 Å². The zero-order chi connectivity index (χ0) is 15.4. The van der Waals surface area contributed by atoms with Crippen LogP contribution in [0.3, 0.4) is 0 Å². The van der Waals surface area contributed by atoms with Gasteiger partial charge in [0, 0.05) is 18.1 Å². The lowest BCUT2D eigenvalue weighted by Crippen LogP contribution is -2.16. The number of aromatic carboxylic acids is 1. The lowest BCUT2D eigenvalue weighted by molar-refractivity contribution is 0.0700. The number of rotatable bonds is 6. The van der Waals surface area contributed by atoms with Crippen LogP contribution in [0, 0.1) is 0 Å². The number of aryl methyl sites for hydroxylation is 1. The Bertz CT molecular complexity index is 625. The van der Waals surface area contributed by atoms with Crippen molar-refractivity contribution in [1.29, 1.82) is 0 Å². The van der Waals surface area contributed by atoms with E-state index in [0.29, 0.717) is 23.5 Å². The summed E-state index contributed by atoms with van der Waals surface area (Å²) in [6.07, 6.45) is 1.59. The molecule has 1 N–H and O–H groups in total. The Balaban J connectivity index is 2.18. The summed E-state index contributed by atoms with van der Waals surface area (Å²) in [6, 6.07) is 8.07. The molecule has 0 atom stereocenters. The van der Waals surface area contributed by atoms with Crippen molar-refractivity contribution in [2.75, 3.05) is 11.9 Å². The van der Waals surface area contributed by atoms with E-state index in [1.54, 1.807) is 0 Å². The molecule has 112 valence electrons. The normalized spacial score (nSPS) is 10.6. The topological polar surface area (TPSA) is 53.4 Å². The molecular formula is C15H17BrN2O2S. The van der Waals surface area contributed by atoms with E-state index in [0.717, 1.165) is 21.6 Å². The standard InChI is InChI=1S/C15H17BrN2O2S/c1-3-4-12-13(14(19)20)21-15(17-12)18(2)9-10-5-7-11(16)8-6-10/h5-8H,3-4,9H2,1-2H3,(H,19,20). The highest BCUT2D eigenvalue weighted by Crippen LogP contribution is 2.27. The molecule has 0 amide bonds. The van der Waals surface area contributed by atoms with Crippen molar-refractivity contribution in [1.82, 2.24) is 4.98 Å². The number of thiazole rings is 1. The van der Waals surface area contributed by atoms with Crippen LogP contribution in [-0.2, 0) is 13.0 Å². The van der Waals surface area contributed by atoms with Gasteiger partial charge >= 0.3 is 5.97 Å². The third-order valence-corrected chi connectivity index (χ3v) is 4.76. The number of carboxylic acid groups (broad SMARTS) is 1. The van der Waals surface area contributed by atoms with Crippen LogP contribution in [-0.4, -0.2) is 23.1 Å². The molecule has 1 aromatic heterocycles. The minimum atomic E-state index is -0.890. The molecule has 0 saturated heterocycles. The zero-order valence-electron chi connectivity index (χ0n) is 12.0. The summed E-state index contributed by atoms with van der Waals surface area (Å²) in [5, 5.41) is 10.0. The first-order valence-electron chi connectivity index (χ1n) is 6.69. The van der Waals surface area contributed by atoms with Gasteiger partial charge in [-0.2, -0.15) is 0 Å².